The number of likely N-dealkylation sites (tertiary alicyclic amines) is 1. The molecule has 8 heteroatoms. The first-order valence-corrected chi connectivity index (χ1v) is 10.3. The standard InChI is InChI=1S/C22H23F2N5O/c1-29-12-22(8-19(29)30)4-2-3-13(7-22)5-18-17(24)11-27-21(28-18)16-10-26-20-15(16)6-14(23)9-25-20/h6,9-11,13H,2-5,7-8,12H2,1H3,(H,25,26)/t13-,22-/m1/s1. The van der Waals surface area contributed by atoms with Gasteiger partial charge in [-0.3, -0.25) is 4.79 Å². The Morgan fingerprint density at radius 1 is 1.30 bits per heavy atom. The molecule has 3 aromatic rings. The highest BCUT2D eigenvalue weighted by atomic mass is 19.1. The molecule has 1 amide bonds. The summed E-state index contributed by atoms with van der Waals surface area (Å²) in [5.41, 5.74) is 1.52. The molecule has 2 aliphatic rings. The molecule has 5 rings (SSSR count). The number of hydrogen-bond acceptors (Lipinski definition) is 4. The van der Waals surface area contributed by atoms with Crippen LogP contribution in [0.2, 0.25) is 0 Å². The second-order valence-corrected chi connectivity index (χ2v) is 8.83. The molecule has 2 fully saturated rings. The highest BCUT2D eigenvalue weighted by Crippen LogP contribution is 2.46. The average molecular weight is 411 g/mol. The van der Waals surface area contributed by atoms with Gasteiger partial charge in [-0.2, -0.15) is 0 Å². The van der Waals surface area contributed by atoms with Crippen LogP contribution in [0.5, 0.6) is 0 Å². The fraction of sp³-hybridized carbons (Fsp3) is 0.455. The van der Waals surface area contributed by atoms with Crippen molar-refractivity contribution < 1.29 is 13.6 Å². The minimum Gasteiger partial charge on any atom is -0.345 e. The molecule has 3 aromatic heterocycles. The molecular weight excluding hydrogens is 388 g/mol. The van der Waals surface area contributed by atoms with Gasteiger partial charge in [0.2, 0.25) is 5.91 Å². The molecule has 0 bridgehead atoms. The first-order chi connectivity index (χ1) is 14.4. The number of carbonyl (C=O) groups excluding carboxylic acids is 1. The van der Waals surface area contributed by atoms with Gasteiger partial charge in [-0.25, -0.2) is 23.7 Å². The Bertz CT molecular complexity index is 1130. The smallest absolute Gasteiger partial charge is 0.222 e. The number of amides is 1. The Kier molecular flexibility index (Phi) is 4.52. The average Bonchev–Trinajstić information content (AvgIpc) is 3.24. The zero-order valence-corrected chi connectivity index (χ0v) is 16.8. The summed E-state index contributed by atoms with van der Waals surface area (Å²) in [5, 5.41) is 0.566. The van der Waals surface area contributed by atoms with Crippen LogP contribution in [0.4, 0.5) is 8.78 Å². The molecule has 2 atom stereocenters. The Balaban J connectivity index is 1.41. The summed E-state index contributed by atoms with van der Waals surface area (Å²) in [6, 6.07) is 1.37. The number of H-pyrrole nitrogens is 1. The largest absolute Gasteiger partial charge is 0.345 e. The monoisotopic (exact) mass is 411 g/mol. The van der Waals surface area contributed by atoms with Crippen LogP contribution in [0.15, 0.2) is 24.7 Å². The summed E-state index contributed by atoms with van der Waals surface area (Å²) in [6.07, 6.45) is 9.10. The molecular formula is C22H23F2N5O. The van der Waals surface area contributed by atoms with E-state index in [0.29, 0.717) is 41.0 Å². The van der Waals surface area contributed by atoms with E-state index in [1.165, 1.54) is 12.3 Å². The van der Waals surface area contributed by atoms with E-state index in [1.54, 1.807) is 6.20 Å². The van der Waals surface area contributed by atoms with Crippen LogP contribution in [0, 0.1) is 23.0 Å². The maximum absolute atomic E-state index is 14.6. The van der Waals surface area contributed by atoms with E-state index < -0.39 is 11.6 Å². The molecule has 156 valence electrons. The fourth-order valence-corrected chi connectivity index (χ4v) is 5.28. The van der Waals surface area contributed by atoms with Crippen LogP contribution >= 0.6 is 0 Å². The Morgan fingerprint density at radius 2 is 2.17 bits per heavy atom. The van der Waals surface area contributed by atoms with E-state index >= 15 is 0 Å². The molecule has 1 saturated carbocycles. The highest BCUT2D eigenvalue weighted by molar-refractivity contribution is 5.91. The molecule has 0 aromatic carbocycles. The Labute approximate surface area is 172 Å². The third-order valence-corrected chi connectivity index (χ3v) is 6.60. The van der Waals surface area contributed by atoms with Gasteiger partial charge in [0, 0.05) is 37.2 Å². The lowest BCUT2D eigenvalue weighted by Crippen LogP contribution is -2.32. The molecule has 6 nitrogen and oxygen atoms in total. The number of fused-ring (bicyclic) bond motifs is 1. The number of nitrogens with one attached hydrogen (secondary N) is 1. The summed E-state index contributed by atoms with van der Waals surface area (Å²) >= 11 is 0. The lowest BCUT2D eigenvalue weighted by molar-refractivity contribution is -0.126. The van der Waals surface area contributed by atoms with Crippen LogP contribution in [-0.2, 0) is 11.2 Å². The van der Waals surface area contributed by atoms with Gasteiger partial charge in [-0.05, 0) is 36.7 Å². The SMILES string of the molecule is CN1C[C@@]2(CCC[C@H](Cc3nc(-c4c[nH]c5ncc(F)cc45)ncc3F)C2)CC1=O. The lowest BCUT2D eigenvalue weighted by atomic mass is 9.68. The Morgan fingerprint density at radius 3 is 2.97 bits per heavy atom. The summed E-state index contributed by atoms with van der Waals surface area (Å²) in [4.78, 5) is 29.5. The van der Waals surface area contributed by atoms with Crippen molar-refractivity contribution in [2.45, 2.75) is 38.5 Å². The predicted molar refractivity (Wildman–Crippen MR) is 107 cm³/mol. The van der Waals surface area contributed by atoms with Gasteiger partial charge in [0.15, 0.2) is 11.6 Å². The predicted octanol–water partition coefficient (Wildman–Crippen LogP) is 3.88. The number of halogens is 2. The molecule has 0 radical (unpaired) electrons. The number of nitrogens with zero attached hydrogens (tertiary/aromatic N) is 4. The molecule has 1 N–H and O–H groups in total. The van der Waals surface area contributed by atoms with Crippen molar-refractivity contribution >= 4 is 16.9 Å². The van der Waals surface area contributed by atoms with Crippen LogP contribution in [0.3, 0.4) is 0 Å². The van der Waals surface area contributed by atoms with Crippen molar-refractivity contribution in [3.05, 3.63) is 42.0 Å². The molecule has 30 heavy (non-hydrogen) atoms. The minimum absolute atomic E-state index is 0.0150. The molecule has 1 saturated heterocycles. The number of aromatic amines is 1. The van der Waals surface area contributed by atoms with Crippen LogP contribution in [0.25, 0.3) is 22.4 Å². The van der Waals surface area contributed by atoms with Gasteiger partial charge in [-0.15, -0.1) is 0 Å². The van der Waals surface area contributed by atoms with Crippen molar-refractivity contribution in [2.24, 2.45) is 11.3 Å². The quantitative estimate of drug-likeness (QED) is 0.710. The van der Waals surface area contributed by atoms with E-state index in [0.717, 1.165) is 38.4 Å². The summed E-state index contributed by atoms with van der Waals surface area (Å²) in [5.74, 6) is -0.0496. The summed E-state index contributed by atoms with van der Waals surface area (Å²) in [6.45, 7) is 0.785. The Hall–Kier alpha value is -2.90. The third kappa shape index (κ3) is 3.34. The van der Waals surface area contributed by atoms with Crippen LogP contribution < -0.4 is 0 Å². The zero-order valence-electron chi connectivity index (χ0n) is 16.8. The van der Waals surface area contributed by atoms with E-state index in [1.807, 2.05) is 11.9 Å². The van der Waals surface area contributed by atoms with Gasteiger partial charge in [-0.1, -0.05) is 12.8 Å². The summed E-state index contributed by atoms with van der Waals surface area (Å²) < 4.78 is 28.2. The van der Waals surface area contributed by atoms with Gasteiger partial charge in [0.25, 0.3) is 0 Å². The fourth-order valence-electron chi connectivity index (χ4n) is 5.28. The maximum Gasteiger partial charge on any atom is 0.222 e. The van der Waals surface area contributed by atoms with Gasteiger partial charge in [0.1, 0.15) is 11.5 Å². The van der Waals surface area contributed by atoms with Gasteiger partial charge >= 0.3 is 0 Å². The molecule has 1 aliphatic heterocycles. The van der Waals surface area contributed by atoms with E-state index in [-0.39, 0.29) is 17.2 Å². The number of rotatable bonds is 3. The molecule has 1 spiro atoms. The van der Waals surface area contributed by atoms with Crippen molar-refractivity contribution in [1.29, 1.82) is 0 Å². The van der Waals surface area contributed by atoms with Gasteiger partial charge < -0.3 is 9.88 Å². The number of aromatic nitrogens is 4. The van der Waals surface area contributed by atoms with E-state index in [9.17, 15) is 13.6 Å². The molecule has 0 unspecified atom stereocenters. The number of hydrogen-bond donors (Lipinski definition) is 1. The second kappa shape index (κ2) is 7.11. The lowest BCUT2D eigenvalue weighted by Gasteiger charge is -2.37. The minimum atomic E-state index is -0.450. The van der Waals surface area contributed by atoms with Crippen molar-refractivity contribution in [3.8, 4) is 11.4 Å². The van der Waals surface area contributed by atoms with E-state index in [2.05, 4.69) is 19.9 Å². The first-order valence-electron chi connectivity index (χ1n) is 10.3. The number of pyridine rings is 1. The highest BCUT2D eigenvalue weighted by Gasteiger charge is 2.44. The van der Waals surface area contributed by atoms with Crippen molar-refractivity contribution in [2.75, 3.05) is 13.6 Å². The van der Waals surface area contributed by atoms with Crippen molar-refractivity contribution in [3.63, 3.8) is 0 Å². The summed E-state index contributed by atoms with van der Waals surface area (Å²) in [7, 11) is 1.86. The van der Waals surface area contributed by atoms with Crippen LogP contribution in [-0.4, -0.2) is 44.3 Å². The van der Waals surface area contributed by atoms with E-state index in [4.69, 9.17) is 0 Å². The normalized spacial score (nSPS) is 24.3. The molecule has 4 heterocycles. The van der Waals surface area contributed by atoms with Gasteiger partial charge in [0.05, 0.1) is 18.1 Å². The first kappa shape index (κ1) is 19.1. The zero-order chi connectivity index (χ0) is 20.9. The molecule has 1 aliphatic carbocycles. The van der Waals surface area contributed by atoms with Crippen LogP contribution in [0.1, 0.15) is 37.8 Å². The third-order valence-electron chi connectivity index (χ3n) is 6.60. The second-order valence-electron chi connectivity index (χ2n) is 8.83. The number of carbonyl (C=O) groups is 1. The van der Waals surface area contributed by atoms with Crippen molar-refractivity contribution in [1.82, 2.24) is 24.8 Å². The topological polar surface area (TPSA) is 74.8 Å². The maximum atomic E-state index is 14.6.